The molecule has 0 aliphatic heterocycles. The average Bonchev–Trinajstić information content (AvgIpc) is 2.15. The fourth-order valence-corrected chi connectivity index (χ4v) is 1.15. The minimum Gasteiger partial charge on any atom is -0.410 e. The van der Waals surface area contributed by atoms with Crippen LogP contribution in [0, 0.1) is 0 Å². The van der Waals surface area contributed by atoms with Gasteiger partial charge in [0.2, 0.25) is 0 Å². The number of anilines is 1. The van der Waals surface area contributed by atoms with Gasteiger partial charge in [0.1, 0.15) is 5.75 Å². The Morgan fingerprint density at radius 3 is 2.56 bits per heavy atom. The molecule has 0 heterocycles. The van der Waals surface area contributed by atoms with Crippen LogP contribution in [0.15, 0.2) is 24.3 Å². The van der Waals surface area contributed by atoms with Crippen LogP contribution in [0.3, 0.4) is 0 Å². The van der Waals surface area contributed by atoms with E-state index in [4.69, 9.17) is 4.74 Å². The molecule has 4 nitrogen and oxygen atoms in total. The van der Waals surface area contributed by atoms with E-state index >= 15 is 0 Å². The Labute approximate surface area is 96.0 Å². The largest absolute Gasteiger partial charge is 0.413 e. The summed E-state index contributed by atoms with van der Waals surface area (Å²) >= 11 is 0. The summed E-state index contributed by atoms with van der Waals surface area (Å²) in [4.78, 5) is 11.5. The van der Waals surface area contributed by atoms with Crippen molar-refractivity contribution in [1.29, 1.82) is 0 Å². The maximum absolute atomic E-state index is 11.5. The van der Waals surface area contributed by atoms with E-state index in [-0.39, 0.29) is 5.54 Å². The van der Waals surface area contributed by atoms with Gasteiger partial charge in [-0.3, -0.25) is 0 Å². The van der Waals surface area contributed by atoms with Crippen molar-refractivity contribution >= 4 is 11.8 Å². The predicted octanol–water partition coefficient (Wildman–Crippen LogP) is 2.62. The highest BCUT2D eigenvalue weighted by molar-refractivity contribution is 5.71. The third kappa shape index (κ3) is 4.21. The predicted molar refractivity (Wildman–Crippen MR) is 64.9 cm³/mol. The summed E-state index contributed by atoms with van der Waals surface area (Å²) in [6, 6.07) is 7.23. The van der Waals surface area contributed by atoms with Gasteiger partial charge >= 0.3 is 6.09 Å². The molecular formula is C12H18N2O2. The van der Waals surface area contributed by atoms with E-state index in [1.165, 1.54) is 0 Å². The number of hydrogen-bond acceptors (Lipinski definition) is 3. The number of carbonyl (C=O) groups excluding carboxylic acids is 1. The molecule has 0 atom stereocenters. The lowest BCUT2D eigenvalue weighted by Crippen LogP contribution is -2.42. The minimum absolute atomic E-state index is 0.294. The molecule has 0 unspecified atom stereocenters. The lowest BCUT2D eigenvalue weighted by atomic mass is 10.1. The van der Waals surface area contributed by atoms with Crippen LogP contribution in [0.2, 0.25) is 0 Å². The molecular weight excluding hydrogens is 204 g/mol. The van der Waals surface area contributed by atoms with Crippen molar-refractivity contribution in [3.63, 3.8) is 0 Å². The Morgan fingerprint density at radius 2 is 2.00 bits per heavy atom. The van der Waals surface area contributed by atoms with Gasteiger partial charge in [-0.2, -0.15) is 0 Å². The quantitative estimate of drug-likeness (QED) is 0.808. The maximum Gasteiger partial charge on any atom is 0.413 e. The van der Waals surface area contributed by atoms with Crippen molar-refractivity contribution in [2.45, 2.75) is 26.3 Å². The van der Waals surface area contributed by atoms with E-state index in [2.05, 4.69) is 10.6 Å². The molecule has 0 saturated heterocycles. The van der Waals surface area contributed by atoms with E-state index < -0.39 is 6.09 Å². The van der Waals surface area contributed by atoms with Gasteiger partial charge < -0.3 is 15.4 Å². The first-order valence-electron chi connectivity index (χ1n) is 5.18. The van der Waals surface area contributed by atoms with Crippen LogP contribution in [-0.4, -0.2) is 18.7 Å². The highest BCUT2D eigenvalue weighted by Crippen LogP contribution is 2.17. The number of benzene rings is 1. The summed E-state index contributed by atoms with van der Waals surface area (Å²) in [5.41, 5.74) is 0.610. The van der Waals surface area contributed by atoms with Crippen molar-refractivity contribution in [3.8, 4) is 5.75 Å². The molecule has 0 saturated carbocycles. The number of rotatable bonds is 2. The van der Waals surface area contributed by atoms with Crippen LogP contribution in [0.1, 0.15) is 20.8 Å². The molecule has 1 rings (SSSR count). The van der Waals surface area contributed by atoms with Crippen molar-refractivity contribution in [2.24, 2.45) is 0 Å². The van der Waals surface area contributed by atoms with Crippen molar-refractivity contribution in [2.75, 3.05) is 12.4 Å². The van der Waals surface area contributed by atoms with Crippen LogP contribution in [0.5, 0.6) is 5.75 Å². The van der Waals surface area contributed by atoms with Crippen molar-refractivity contribution < 1.29 is 9.53 Å². The second-order valence-corrected chi connectivity index (χ2v) is 4.54. The fraction of sp³-hybridized carbons (Fsp3) is 0.417. The Hall–Kier alpha value is -1.71. The first-order valence-corrected chi connectivity index (χ1v) is 5.18. The summed E-state index contributed by atoms with van der Waals surface area (Å²) in [5, 5.41) is 5.70. The van der Waals surface area contributed by atoms with Gasteiger partial charge in [-0.1, -0.05) is 6.07 Å². The number of carbonyl (C=O) groups is 1. The van der Waals surface area contributed by atoms with Gasteiger partial charge in [0, 0.05) is 24.3 Å². The number of ether oxygens (including phenoxy) is 1. The van der Waals surface area contributed by atoms with Crippen LogP contribution in [-0.2, 0) is 0 Å². The van der Waals surface area contributed by atoms with Gasteiger partial charge in [0.15, 0.2) is 0 Å². The summed E-state index contributed by atoms with van der Waals surface area (Å²) in [6.07, 6.45) is -0.444. The van der Waals surface area contributed by atoms with Crippen molar-refractivity contribution in [3.05, 3.63) is 24.3 Å². The van der Waals surface area contributed by atoms with E-state index in [0.29, 0.717) is 5.75 Å². The highest BCUT2D eigenvalue weighted by Gasteiger charge is 2.15. The number of nitrogens with one attached hydrogen (secondary N) is 2. The number of amides is 1. The Kier molecular flexibility index (Phi) is 3.77. The molecule has 1 aromatic carbocycles. The molecule has 1 aromatic rings. The van der Waals surface area contributed by atoms with Crippen LogP contribution < -0.4 is 15.4 Å². The van der Waals surface area contributed by atoms with Gasteiger partial charge in [0.05, 0.1) is 0 Å². The third-order valence-electron chi connectivity index (χ3n) is 1.81. The zero-order chi connectivity index (χ0) is 12.2. The maximum atomic E-state index is 11.5. The second kappa shape index (κ2) is 4.88. The molecule has 4 heteroatoms. The standard InChI is InChI=1S/C12H18N2O2/c1-12(2,3)14-11(15)16-10-7-5-6-9(8-10)13-4/h5-8,13H,1-4H3,(H,14,15). The minimum atomic E-state index is -0.444. The van der Waals surface area contributed by atoms with Crippen molar-refractivity contribution in [1.82, 2.24) is 5.32 Å². The molecule has 0 spiro atoms. The average molecular weight is 222 g/mol. The van der Waals surface area contributed by atoms with Gasteiger partial charge in [-0.15, -0.1) is 0 Å². The molecule has 2 N–H and O–H groups in total. The topological polar surface area (TPSA) is 50.4 Å². The SMILES string of the molecule is CNc1cccc(OC(=O)NC(C)(C)C)c1. The summed E-state index contributed by atoms with van der Waals surface area (Å²) in [6.45, 7) is 5.70. The molecule has 0 aromatic heterocycles. The highest BCUT2D eigenvalue weighted by atomic mass is 16.6. The molecule has 0 aliphatic carbocycles. The number of hydrogen-bond donors (Lipinski definition) is 2. The third-order valence-corrected chi connectivity index (χ3v) is 1.81. The first kappa shape index (κ1) is 12.4. The van der Waals surface area contributed by atoms with Crippen LogP contribution in [0.4, 0.5) is 10.5 Å². The summed E-state index contributed by atoms with van der Waals surface area (Å²) in [5.74, 6) is 0.522. The first-order chi connectivity index (χ1) is 7.40. The summed E-state index contributed by atoms with van der Waals surface area (Å²) < 4.78 is 5.14. The van der Waals surface area contributed by atoms with Crippen LogP contribution in [0.25, 0.3) is 0 Å². The lowest BCUT2D eigenvalue weighted by Gasteiger charge is -2.19. The molecule has 1 amide bonds. The van der Waals surface area contributed by atoms with Gasteiger partial charge in [-0.25, -0.2) is 4.79 Å². The van der Waals surface area contributed by atoms with E-state index in [0.717, 1.165) is 5.69 Å². The molecule has 0 aliphatic rings. The Bertz CT molecular complexity index is 370. The Morgan fingerprint density at radius 1 is 1.31 bits per heavy atom. The lowest BCUT2D eigenvalue weighted by molar-refractivity contribution is 0.190. The molecule has 16 heavy (non-hydrogen) atoms. The summed E-state index contributed by atoms with van der Waals surface area (Å²) in [7, 11) is 1.81. The van der Waals surface area contributed by atoms with Gasteiger partial charge in [-0.05, 0) is 32.9 Å². The second-order valence-electron chi connectivity index (χ2n) is 4.54. The molecule has 0 radical (unpaired) electrons. The van der Waals surface area contributed by atoms with E-state index in [1.807, 2.05) is 40.0 Å². The Balaban J connectivity index is 2.62. The van der Waals surface area contributed by atoms with E-state index in [9.17, 15) is 4.79 Å². The zero-order valence-corrected chi connectivity index (χ0v) is 10.1. The monoisotopic (exact) mass is 222 g/mol. The fourth-order valence-electron chi connectivity index (χ4n) is 1.15. The smallest absolute Gasteiger partial charge is 0.410 e. The normalized spacial score (nSPS) is 10.8. The molecule has 0 fully saturated rings. The van der Waals surface area contributed by atoms with Gasteiger partial charge in [0.25, 0.3) is 0 Å². The molecule has 88 valence electrons. The van der Waals surface area contributed by atoms with Crippen LogP contribution >= 0.6 is 0 Å². The zero-order valence-electron chi connectivity index (χ0n) is 10.1. The molecule has 0 bridgehead atoms. The van der Waals surface area contributed by atoms with E-state index in [1.54, 1.807) is 12.1 Å².